The van der Waals surface area contributed by atoms with Gasteiger partial charge in [-0.15, -0.1) is 0 Å². The second-order valence-corrected chi connectivity index (χ2v) is 13.6. The van der Waals surface area contributed by atoms with Crippen LogP contribution in [-0.2, 0) is 14.3 Å². The van der Waals surface area contributed by atoms with Gasteiger partial charge in [-0.2, -0.15) is 21.6 Å². The van der Waals surface area contributed by atoms with Crippen molar-refractivity contribution in [3.8, 4) is 11.5 Å². The molecule has 0 saturated heterocycles. The highest BCUT2D eigenvalue weighted by atomic mass is 32.2. The molecule has 146 valence electrons. The first kappa shape index (κ1) is 20.6. The van der Waals surface area contributed by atoms with E-state index in [9.17, 15) is 21.6 Å². The topological polar surface area (TPSA) is 61.8 Å². The molecule has 0 saturated carbocycles. The molecule has 1 aliphatic rings. The maximum absolute atomic E-state index is 12.5. The molecule has 2 rings (SSSR count). The Labute approximate surface area is 152 Å². The summed E-state index contributed by atoms with van der Waals surface area (Å²) in [5.74, 6) is 0.300. The molecule has 0 unspecified atom stereocenters. The molecule has 10 heteroatoms. The van der Waals surface area contributed by atoms with Gasteiger partial charge in [0.25, 0.3) is 0 Å². The summed E-state index contributed by atoms with van der Waals surface area (Å²) >= 11 is 0. The maximum Gasteiger partial charge on any atom is 0.534 e. The normalized spacial score (nSPS) is 15.6. The molecule has 26 heavy (non-hydrogen) atoms. The van der Waals surface area contributed by atoms with E-state index in [0.717, 1.165) is 6.08 Å². The minimum Gasteiger partial charge on any atom is -0.543 e. The van der Waals surface area contributed by atoms with E-state index >= 15 is 0 Å². The minimum absolute atomic E-state index is 0.0429. The molecule has 1 aromatic rings. The molecule has 0 spiro atoms. The molecule has 0 aliphatic carbocycles. The van der Waals surface area contributed by atoms with Crippen LogP contribution in [0.15, 0.2) is 24.3 Å². The van der Waals surface area contributed by atoms with Gasteiger partial charge in [0.05, 0.1) is 5.56 Å². The highest BCUT2D eigenvalue weighted by molar-refractivity contribution is 7.87. The quantitative estimate of drug-likeness (QED) is 0.410. The fourth-order valence-corrected chi connectivity index (χ4v) is 3.41. The van der Waals surface area contributed by atoms with Gasteiger partial charge in [0.2, 0.25) is 8.32 Å². The lowest BCUT2D eigenvalue weighted by molar-refractivity contribution is -0.0509. The molecule has 1 heterocycles. The van der Waals surface area contributed by atoms with Gasteiger partial charge >= 0.3 is 15.6 Å². The average Bonchev–Trinajstić information content (AvgIpc) is 2.44. The maximum atomic E-state index is 12.5. The van der Waals surface area contributed by atoms with Crippen molar-refractivity contribution < 1.29 is 34.9 Å². The van der Waals surface area contributed by atoms with Crippen molar-refractivity contribution in [2.75, 3.05) is 6.61 Å². The smallest absolute Gasteiger partial charge is 0.534 e. The summed E-state index contributed by atoms with van der Waals surface area (Å²) in [4.78, 5) is 0. The van der Waals surface area contributed by atoms with Crippen molar-refractivity contribution in [3.05, 3.63) is 29.8 Å². The Hall–Kier alpha value is -1.68. The van der Waals surface area contributed by atoms with Gasteiger partial charge in [0.1, 0.15) is 18.1 Å². The molecule has 0 N–H and O–H groups in total. The highest BCUT2D eigenvalue weighted by Gasteiger charge is 2.49. The summed E-state index contributed by atoms with van der Waals surface area (Å²) in [5.41, 5.74) is -5.39. The average molecular weight is 410 g/mol. The van der Waals surface area contributed by atoms with E-state index in [0.29, 0.717) is 5.75 Å². The first-order chi connectivity index (χ1) is 11.6. The fourth-order valence-electron chi connectivity index (χ4n) is 1.90. The number of rotatable bonds is 4. The lowest BCUT2D eigenvalue weighted by atomic mass is 10.1. The Bertz CT molecular complexity index is 823. The highest BCUT2D eigenvalue weighted by Crippen LogP contribution is 2.41. The summed E-state index contributed by atoms with van der Waals surface area (Å²) in [7, 11) is -7.86. The van der Waals surface area contributed by atoms with Gasteiger partial charge < -0.3 is 13.3 Å². The van der Waals surface area contributed by atoms with E-state index in [1.165, 1.54) is 12.1 Å². The van der Waals surface area contributed by atoms with Crippen LogP contribution in [0.1, 0.15) is 26.3 Å². The zero-order valence-corrected chi connectivity index (χ0v) is 16.9. The van der Waals surface area contributed by atoms with Crippen LogP contribution >= 0.6 is 0 Å². The largest absolute Gasteiger partial charge is 0.543 e. The molecule has 5 nitrogen and oxygen atoms in total. The molecule has 1 aromatic carbocycles. The van der Waals surface area contributed by atoms with Crippen molar-refractivity contribution in [1.29, 1.82) is 0 Å². The summed E-state index contributed by atoms with van der Waals surface area (Å²) in [6.45, 7) is 10.2. The lowest BCUT2D eigenvalue weighted by Gasteiger charge is -2.36. The summed E-state index contributed by atoms with van der Waals surface area (Å²) in [6.07, 6.45) is 1.14. The van der Waals surface area contributed by atoms with E-state index in [-0.39, 0.29) is 23.0 Å². The second-order valence-electron chi connectivity index (χ2n) is 7.38. The van der Waals surface area contributed by atoms with Crippen LogP contribution in [0.5, 0.6) is 11.5 Å². The predicted octanol–water partition coefficient (Wildman–Crippen LogP) is 4.67. The van der Waals surface area contributed by atoms with Gasteiger partial charge in [-0.05, 0) is 36.3 Å². The Morgan fingerprint density at radius 3 is 2.31 bits per heavy atom. The van der Waals surface area contributed by atoms with Crippen LogP contribution in [0, 0.1) is 0 Å². The third-order valence-electron chi connectivity index (χ3n) is 4.39. The van der Waals surface area contributed by atoms with Gasteiger partial charge in [0, 0.05) is 6.07 Å². The zero-order chi connectivity index (χ0) is 20.0. The van der Waals surface area contributed by atoms with Crippen LogP contribution in [0.2, 0.25) is 18.1 Å². The second kappa shape index (κ2) is 6.49. The molecule has 0 radical (unpaired) electrons. The minimum atomic E-state index is -5.75. The van der Waals surface area contributed by atoms with Crippen molar-refractivity contribution in [2.24, 2.45) is 0 Å². The van der Waals surface area contributed by atoms with Crippen LogP contribution in [0.25, 0.3) is 5.76 Å². The monoisotopic (exact) mass is 410 g/mol. The fraction of sp³-hybridized carbons (Fsp3) is 0.500. The van der Waals surface area contributed by atoms with E-state index < -0.39 is 29.7 Å². The van der Waals surface area contributed by atoms with Crippen molar-refractivity contribution in [1.82, 2.24) is 0 Å². The number of alkyl halides is 3. The van der Waals surface area contributed by atoms with Crippen molar-refractivity contribution in [2.45, 2.75) is 44.4 Å². The lowest BCUT2D eigenvalue weighted by Crippen LogP contribution is -2.43. The zero-order valence-electron chi connectivity index (χ0n) is 15.1. The Morgan fingerprint density at radius 1 is 1.15 bits per heavy atom. The van der Waals surface area contributed by atoms with Crippen molar-refractivity contribution in [3.63, 3.8) is 0 Å². The molecular formula is C16H21F3O5SSi. The third-order valence-corrected chi connectivity index (χ3v) is 9.71. The van der Waals surface area contributed by atoms with Crippen molar-refractivity contribution >= 4 is 24.2 Å². The number of hydrogen-bond acceptors (Lipinski definition) is 5. The number of halogens is 3. The van der Waals surface area contributed by atoms with E-state index in [4.69, 9.17) is 9.16 Å². The number of fused-ring (bicyclic) bond motifs is 1. The van der Waals surface area contributed by atoms with Gasteiger partial charge in [-0.3, -0.25) is 0 Å². The Morgan fingerprint density at radius 2 is 1.77 bits per heavy atom. The predicted molar refractivity (Wildman–Crippen MR) is 93.8 cm³/mol. The standard InChI is InChI=1S/C16H21F3O5SSi/c1-15(2,3)26(4,5)24-11-6-7-12-13(8-9-22-14(12)10-11)23-25(20,21)16(17,18)19/h6-8,10H,9H2,1-5H3. The first-order valence-corrected chi connectivity index (χ1v) is 12.1. The van der Waals surface area contributed by atoms with Gasteiger partial charge in [0.15, 0.2) is 5.76 Å². The van der Waals surface area contributed by atoms with Gasteiger partial charge in [-0.1, -0.05) is 20.8 Å². The van der Waals surface area contributed by atoms with Crippen LogP contribution in [-0.4, -0.2) is 28.9 Å². The summed E-state index contributed by atoms with van der Waals surface area (Å²) in [6, 6.07) is 4.52. The summed E-state index contributed by atoms with van der Waals surface area (Å²) in [5, 5.41) is -0.0429. The molecule has 0 fully saturated rings. The molecular weight excluding hydrogens is 389 g/mol. The van der Waals surface area contributed by atoms with E-state index in [1.54, 1.807) is 6.07 Å². The first-order valence-electron chi connectivity index (χ1n) is 7.81. The number of benzene rings is 1. The Balaban J connectivity index is 2.31. The van der Waals surface area contributed by atoms with Crippen LogP contribution in [0.4, 0.5) is 13.2 Å². The molecule has 1 aliphatic heterocycles. The molecule has 0 aromatic heterocycles. The van der Waals surface area contributed by atoms with E-state index in [1.807, 2.05) is 0 Å². The molecule has 0 atom stereocenters. The molecule has 0 amide bonds. The van der Waals surface area contributed by atoms with E-state index in [2.05, 4.69) is 38.0 Å². The third kappa shape index (κ3) is 4.17. The van der Waals surface area contributed by atoms with Crippen LogP contribution in [0.3, 0.4) is 0 Å². The summed E-state index contributed by atoms with van der Waals surface area (Å²) < 4.78 is 75.9. The SMILES string of the molecule is CC(C)(C)[Si](C)(C)Oc1ccc2c(c1)OCC=C2OS(=O)(=O)C(F)(F)F. The molecule has 0 bridgehead atoms. The number of ether oxygens (including phenoxy) is 1. The van der Waals surface area contributed by atoms with Gasteiger partial charge in [-0.25, -0.2) is 0 Å². The number of hydrogen-bond donors (Lipinski definition) is 0. The Kier molecular flexibility index (Phi) is 5.14. The van der Waals surface area contributed by atoms with Crippen LogP contribution < -0.4 is 9.16 Å².